The van der Waals surface area contributed by atoms with Gasteiger partial charge in [0.1, 0.15) is 12.1 Å². The molecule has 0 spiro atoms. The van der Waals surface area contributed by atoms with E-state index in [1.54, 1.807) is 0 Å². The van der Waals surface area contributed by atoms with Crippen LogP contribution in [0.3, 0.4) is 0 Å². The van der Waals surface area contributed by atoms with Gasteiger partial charge in [-0.15, -0.1) is 0 Å². The van der Waals surface area contributed by atoms with Crippen LogP contribution < -0.4 is 5.32 Å². The van der Waals surface area contributed by atoms with Gasteiger partial charge in [0.05, 0.1) is 13.5 Å². The van der Waals surface area contributed by atoms with Crippen LogP contribution in [0.15, 0.2) is 29.8 Å². The summed E-state index contributed by atoms with van der Waals surface area (Å²) < 4.78 is 10.9. The zero-order chi connectivity index (χ0) is 30.2. The van der Waals surface area contributed by atoms with Gasteiger partial charge in [-0.3, -0.25) is 14.4 Å². The van der Waals surface area contributed by atoms with Crippen LogP contribution in [0.4, 0.5) is 0 Å². The molecule has 4 aliphatic carbocycles. The Morgan fingerprint density at radius 3 is 2.52 bits per heavy atom. The Morgan fingerprint density at radius 1 is 1.00 bits per heavy atom. The molecule has 4 aliphatic rings. The van der Waals surface area contributed by atoms with Crippen molar-refractivity contribution in [1.82, 2.24) is 5.32 Å². The van der Waals surface area contributed by atoms with E-state index in [2.05, 4.69) is 19.2 Å². The monoisotopic (exact) mass is 581 g/mol. The highest BCUT2D eigenvalue weighted by molar-refractivity contribution is 5.91. The predicted molar refractivity (Wildman–Crippen MR) is 153 cm³/mol. The van der Waals surface area contributed by atoms with Gasteiger partial charge in [-0.2, -0.15) is 0 Å². The van der Waals surface area contributed by atoms with Crippen molar-refractivity contribution in [3.05, 3.63) is 35.4 Å². The molecule has 3 N–H and O–H groups in total. The number of carbonyl (C=O) groups excluding carboxylic acids is 4. The molecule has 7 atom stereocenters. The highest BCUT2D eigenvalue weighted by Crippen LogP contribution is 2.65. The molecule has 0 radical (unpaired) electrons. The van der Waals surface area contributed by atoms with E-state index in [-0.39, 0.29) is 53.5 Å². The molecule has 0 aromatic heterocycles. The number of fused-ring (bicyclic) bond motifs is 5. The topological polar surface area (TPSA) is 139 Å². The van der Waals surface area contributed by atoms with Crippen molar-refractivity contribution in [1.29, 1.82) is 0 Å². The molecule has 228 valence electrons. The first-order valence-corrected chi connectivity index (χ1v) is 15.3. The van der Waals surface area contributed by atoms with Crippen LogP contribution in [0.25, 0.3) is 0 Å². The molecule has 9 heteroatoms. The summed E-state index contributed by atoms with van der Waals surface area (Å²) in [5.74, 6) is -0.281. The van der Waals surface area contributed by atoms with Crippen molar-refractivity contribution in [2.45, 2.75) is 96.6 Å². The number of ketones is 1. The van der Waals surface area contributed by atoms with Gasteiger partial charge in [-0.25, -0.2) is 4.79 Å². The van der Waals surface area contributed by atoms with Crippen LogP contribution in [0.1, 0.15) is 83.6 Å². The van der Waals surface area contributed by atoms with Crippen molar-refractivity contribution in [3.8, 4) is 11.5 Å². The zero-order valence-electron chi connectivity index (χ0n) is 24.8. The maximum Gasteiger partial charge on any atom is 0.328 e. The lowest BCUT2D eigenvalue weighted by molar-refractivity contribution is -0.160. The van der Waals surface area contributed by atoms with Gasteiger partial charge in [-0.05, 0) is 91.9 Å². The minimum Gasteiger partial charge on any atom is -0.504 e. The van der Waals surface area contributed by atoms with Gasteiger partial charge < -0.3 is 25.0 Å². The summed E-state index contributed by atoms with van der Waals surface area (Å²) in [5, 5.41) is 21.9. The summed E-state index contributed by atoms with van der Waals surface area (Å²) in [6.45, 7) is 4.63. The molecule has 9 nitrogen and oxygen atoms in total. The molecule has 1 aromatic carbocycles. The largest absolute Gasteiger partial charge is 0.504 e. The van der Waals surface area contributed by atoms with Crippen LogP contribution in [0.5, 0.6) is 11.5 Å². The third-order valence-electron chi connectivity index (χ3n) is 11.0. The second-order valence-electron chi connectivity index (χ2n) is 13.2. The van der Waals surface area contributed by atoms with E-state index in [0.717, 1.165) is 44.9 Å². The predicted octanol–water partition coefficient (Wildman–Crippen LogP) is 4.52. The van der Waals surface area contributed by atoms with Crippen LogP contribution >= 0.6 is 0 Å². The summed E-state index contributed by atoms with van der Waals surface area (Å²) in [4.78, 5) is 50.0. The average molecular weight is 582 g/mol. The number of esters is 2. The SMILES string of the molecule is COC(=O)[C@H](Cc1ccc(O)c(O)c1)NC(=O)CCC(=O)O[C@H]1CC[C@H]2[C@@H]3CCC4=CC(=O)CC[C@]4(C)[C@H]3CC[C@]12C. The fraction of sp³-hybridized carbons (Fsp3) is 0.636. The minimum atomic E-state index is -1.01. The molecule has 0 aliphatic heterocycles. The highest BCUT2D eigenvalue weighted by atomic mass is 16.5. The number of phenolic OH excluding ortho intramolecular Hbond substituents is 2. The molecule has 0 unspecified atom stereocenters. The number of nitrogens with one attached hydrogen (secondary N) is 1. The molecule has 5 rings (SSSR count). The van der Waals surface area contributed by atoms with Crippen molar-refractivity contribution < 1.29 is 38.9 Å². The van der Waals surface area contributed by atoms with E-state index in [1.807, 2.05) is 6.08 Å². The quantitative estimate of drug-likeness (QED) is 0.301. The van der Waals surface area contributed by atoms with E-state index in [0.29, 0.717) is 29.7 Å². The third kappa shape index (κ3) is 5.66. The Labute approximate surface area is 247 Å². The lowest BCUT2D eigenvalue weighted by atomic mass is 9.47. The lowest BCUT2D eigenvalue weighted by Gasteiger charge is -2.57. The Kier molecular flexibility index (Phi) is 8.41. The second-order valence-corrected chi connectivity index (χ2v) is 13.2. The number of allylic oxidation sites excluding steroid dienone is 1. The Hall–Kier alpha value is -3.36. The number of aromatic hydroxyl groups is 2. The summed E-state index contributed by atoms with van der Waals surface area (Å²) in [6.07, 6.45) is 9.13. The normalized spacial score (nSPS) is 32.5. The van der Waals surface area contributed by atoms with Gasteiger partial charge in [0, 0.05) is 24.7 Å². The Balaban J connectivity index is 1.15. The van der Waals surface area contributed by atoms with Gasteiger partial charge >= 0.3 is 11.9 Å². The summed E-state index contributed by atoms with van der Waals surface area (Å²) in [5.41, 5.74) is 1.88. The molecule has 42 heavy (non-hydrogen) atoms. The number of benzene rings is 1. The Bertz CT molecular complexity index is 1290. The van der Waals surface area contributed by atoms with E-state index < -0.39 is 23.9 Å². The number of ether oxygens (including phenoxy) is 2. The van der Waals surface area contributed by atoms with Gasteiger partial charge in [-0.1, -0.05) is 25.5 Å². The van der Waals surface area contributed by atoms with E-state index in [9.17, 15) is 29.4 Å². The first kappa shape index (κ1) is 30.1. The maximum absolute atomic E-state index is 12.9. The molecule has 1 amide bonds. The maximum atomic E-state index is 12.9. The number of carbonyl (C=O) groups is 4. The molecule has 0 heterocycles. The molecular weight excluding hydrogens is 538 g/mol. The first-order valence-electron chi connectivity index (χ1n) is 15.3. The van der Waals surface area contributed by atoms with E-state index >= 15 is 0 Å². The third-order valence-corrected chi connectivity index (χ3v) is 11.0. The fourth-order valence-electron chi connectivity index (χ4n) is 8.67. The molecule has 3 saturated carbocycles. The van der Waals surface area contributed by atoms with Crippen LogP contribution in [-0.4, -0.2) is 53.1 Å². The summed E-state index contributed by atoms with van der Waals surface area (Å²) in [6, 6.07) is 3.15. The number of rotatable bonds is 8. The summed E-state index contributed by atoms with van der Waals surface area (Å²) >= 11 is 0. The minimum absolute atomic E-state index is 0.0489. The van der Waals surface area contributed by atoms with E-state index in [1.165, 1.54) is 30.9 Å². The first-order chi connectivity index (χ1) is 19.9. The smallest absolute Gasteiger partial charge is 0.328 e. The number of hydrogen-bond acceptors (Lipinski definition) is 8. The average Bonchev–Trinajstić information content (AvgIpc) is 3.29. The van der Waals surface area contributed by atoms with Crippen LogP contribution in [0.2, 0.25) is 0 Å². The number of hydrogen-bond donors (Lipinski definition) is 3. The molecule has 0 bridgehead atoms. The zero-order valence-corrected chi connectivity index (χ0v) is 24.8. The van der Waals surface area contributed by atoms with Crippen molar-refractivity contribution >= 4 is 23.6 Å². The molecule has 0 saturated heterocycles. The summed E-state index contributed by atoms with van der Waals surface area (Å²) in [7, 11) is 1.22. The lowest BCUT2D eigenvalue weighted by Crippen LogP contribution is -2.51. The number of phenols is 2. The standard InChI is InChI=1S/C33H43NO8/c1-32-14-12-21(35)18-20(32)5-6-22-23-7-9-28(33(23,2)15-13-24(22)32)42-30(39)11-10-29(38)34-25(31(40)41-3)16-19-4-8-26(36)27(37)17-19/h4,8,17-18,22-25,28,36-37H,5-7,9-16H2,1-3H3,(H,34,38)/t22-,23-,24-,25-,28-,32-,33-/m0/s1. The number of methoxy groups -OCH3 is 1. The van der Waals surface area contributed by atoms with Crippen molar-refractivity contribution in [2.24, 2.45) is 28.6 Å². The molecular formula is C33H43NO8. The van der Waals surface area contributed by atoms with Gasteiger partial charge in [0.25, 0.3) is 0 Å². The highest BCUT2D eigenvalue weighted by Gasteiger charge is 2.60. The Morgan fingerprint density at radius 2 is 1.79 bits per heavy atom. The molecule has 3 fully saturated rings. The van der Waals surface area contributed by atoms with Gasteiger partial charge in [0.2, 0.25) is 5.91 Å². The van der Waals surface area contributed by atoms with Crippen molar-refractivity contribution in [3.63, 3.8) is 0 Å². The van der Waals surface area contributed by atoms with E-state index in [4.69, 9.17) is 9.47 Å². The fourth-order valence-corrected chi connectivity index (χ4v) is 8.67. The second kappa shape index (κ2) is 11.7. The molecule has 1 aromatic rings. The van der Waals surface area contributed by atoms with Gasteiger partial charge in [0.15, 0.2) is 17.3 Å². The number of amides is 1. The van der Waals surface area contributed by atoms with Crippen LogP contribution in [-0.2, 0) is 35.1 Å². The van der Waals surface area contributed by atoms with Crippen LogP contribution in [0, 0.1) is 28.6 Å². The van der Waals surface area contributed by atoms with Crippen molar-refractivity contribution in [2.75, 3.05) is 7.11 Å².